The number of aromatic nitrogens is 3. The van der Waals surface area contributed by atoms with Gasteiger partial charge < -0.3 is 15.0 Å². The van der Waals surface area contributed by atoms with E-state index in [1.807, 2.05) is 12.1 Å². The van der Waals surface area contributed by atoms with Gasteiger partial charge in [0.25, 0.3) is 0 Å². The van der Waals surface area contributed by atoms with Crippen LogP contribution in [0.3, 0.4) is 0 Å². The van der Waals surface area contributed by atoms with Crippen molar-refractivity contribution in [3.8, 4) is 6.07 Å². The summed E-state index contributed by atoms with van der Waals surface area (Å²) in [5.41, 5.74) is 0.593. The van der Waals surface area contributed by atoms with Gasteiger partial charge in [-0.3, -0.25) is 0 Å². The lowest BCUT2D eigenvalue weighted by Crippen LogP contribution is -2.39. The van der Waals surface area contributed by atoms with Crippen molar-refractivity contribution in [2.24, 2.45) is 0 Å². The second-order valence-electron chi connectivity index (χ2n) is 5.68. The van der Waals surface area contributed by atoms with E-state index in [-0.39, 0.29) is 0 Å². The molecule has 0 spiro atoms. The highest BCUT2D eigenvalue weighted by Gasteiger charge is 2.21. The number of pyridine rings is 1. The summed E-state index contributed by atoms with van der Waals surface area (Å²) in [4.78, 5) is 11.1. The quantitative estimate of drug-likeness (QED) is 0.858. The Morgan fingerprint density at radius 2 is 2.25 bits per heavy atom. The molecule has 0 aliphatic carbocycles. The summed E-state index contributed by atoms with van der Waals surface area (Å²) in [6, 6.07) is 6.23. The highest BCUT2D eigenvalue weighted by molar-refractivity contribution is 7.09. The Labute approximate surface area is 145 Å². The molecular formula is C16H20N6OS. The van der Waals surface area contributed by atoms with E-state index in [2.05, 4.69) is 30.6 Å². The predicted molar refractivity (Wildman–Crippen MR) is 93.3 cm³/mol. The summed E-state index contributed by atoms with van der Waals surface area (Å²) in [6.45, 7) is 2.52. The van der Waals surface area contributed by atoms with Crippen molar-refractivity contribution < 1.29 is 4.74 Å². The van der Waals surface area contributed by atoms with Gasteiger partial charge in [-0.1, -0.05) is 0 Å². The molecule has 1 aliphatic rings. The number of ether oxygens (including phenoxy) is 1. The fourth-order valence-corrected chi connectivity index (χ4v) is 3.36. The van der Waals surface area contributed by atoms with E-state index in [4.69, 9.17) is 10.00 Å². The van der Waals surface area contributed by atoms with Gasteiger partial charge in [0.2, 0.25) is 5.13 Å². The minimum Gasteiger partial charge on any atom is -0.384 e. The highest BCUT2D eigenvalue weighted by atomic mass is 32.1. The number of nitrogens with one attached hydrogen (secondary N) is 1. The van der Waals surface area contributed by atoms with Crippen LogP contribution in [0.25, 0.3) is 0 Å². The molecule has 0 bridgehead atoms. The summed E-state index contributed by atoms with van der Waals surface area (Å²) in [7, 11) is 1.68. The number of anilines is 2. The summed E-state index contributed by atoms with van der Waals surface area (Å²) in [6.07, 6.45) is 4.42. The molecule has 1 fully saturated rings. The maximum absolute atomic E-state index is 8.83. The molecule has 1 saturated heterocycles. The van der Waals surface area contributed by atoms with Gasteiger partial charge in [-0.2, -0.15) is 9.64 Å². The predicted octanol–water partition coefficient (Wildman–Crippen LogP) is 2.07. The Morgan fingerprint density at radius 1 is 1.42 bits per heavy atom. The molecule has 7 nitrogen and oxygen atoms in total. The molecule has 2 aromatic heterocycles. The first-order chi connectivity index (χ1) is 11.8. The van der Waals surface area contributed by atoms with Crippen LogP contribution >= 0.6 is 11.5 Å². The van der Waals surface area contributed by atoms with Gasteiger partial charge in [-0.05, 0) is 25.0 Å². The second-order valence-corrected chi connectivity index (χ2v) is 6.43. The monoisotopic (exact) mass is 344 g/mol. The highest BCUT2D eigenvalue weighted by Crippen LogP contribution is 2.21. The molecule has 0 aromatic carbocycles. The molecule has 2 aromatic rings. The fourth-order valence-electron chi connectivity index (χ4n) is 2.67. The molecule has 0 unspecified atom stereocenters. The lowest BCUT2D eigenvalue weighted by molar-refractivity contribution is 0.201. The molecule has 24 heavy (non-hydrogen) atoms. The SMILES string of the molecule is COCCc1nsc(NC2CCN(c3ccc(C#N)cn3)CC2)n1. The zero-order valence-electron chi connectivity index (χ0n) is 13.6. The van der Waals surface area contributed by atoms with Crippen LogP contribution in [0.2, 0.25) is 0 Å². The van der Waals surface area contributed by atoms with E-state index in [9.17, 15) is 0 Å². The third-order valence-corrected chi connectivity index (χ3v) is 4.71. The average Bonchev–Trinajstić information content (AvgIpc) is 3.08. The molecule has 1 aliphatic heterocycles. The first-order valence-electron chi connectivity index (χ1n) is 7.97. The molecule has 0 saturated carbocycles. The minimum absolute atomic E-state index is 0.405. The van der Waals surface area contributed by atoms with Crippen LogP contribution < -0.4 is 10.2 Å². The summed E-state index contributed by atoms with van der Waals surface area (Å²) in [5, 5.41) is 13.2. The Balaban J connectivity index is 1.49. The number of hydrogen-bond donors (Lipinski definition) is 1. The van der Waals surface area contributed by atoms with Crippen molar-refractivity contribution in [3.05, 3.63) is 29.7 Å². The molecule has 1 N–H and O–H groups in total. The Kier molecular flexibility index (Phi) is 5.56. The molecule has 3 heterocycles. The number of methoxy groups -OCH3 is 1. The van der Waals surface area contributed by atoms with E-state index in [0.29, 0.717) is 18.2 Å². The van der Waals surface area contributed by atoms with Gasteiger partial charge in [-0.15, -0.1) is 0 Å². The van der Waals surface area contributed by atoms with Crippen LogP contribution in [0.1, 0.15) is 24.2 Å². The number of nitrogens with zero attached hydrogens (tertiary/aromatic N) is 5. The van der Waals surface area contributed by atoms with E-state index in [1.54, 1.807) is 13.3 Å². The number of piperidine rings is 1. The van der Waals surface area contributed by atoms with Crippen LogP contribution in [0.5, 0.6) is 0 Å². The maximum atomic E-state index is 8.83. The van der Waals surface area contributed by atoms with Gasteiger partial charge in [0.05, 0.1) is 12.2 Å². The van der Waals surface area contributed by atoms with Crippen LogP contribution in [0.15, 0.2) is 18.3 Å². The van der Waals surface area contributed by atoms with Gasteiger partial charge >= 0.3 is 0 Å². The van der Waals surface area contributed by atoms with Crippen molar-refractivity contribution in [2.45, 2.75) is 25.3 Å². The number of rotatable bonds is 6. The van der Waals surface area contributed by atoms with Crippen LogP contribution in [0, 0.1) is 11.3 Å². The third-order valence-electron chi connectivity index (χ3n) is 4.02. The zero-order chi connectivity index (χ0) is 16.8. The number of nitriles is 1. The second kappa shape index (κ2) is 8.04. The van der Waals surface area contributed by atoms with Crippen molar-refractivity contribution in [1.29, 1.82) is 5.26 Å². The molecule has 126 valence electrons. The smallest absolute Gasteiger partial charge is 0.202 e. The van der Waals surface area contributed by atoms with Gasteiger partial charge in [0, 0.05) is 50.4 Å². The number of hydrogen-bond acceptors (Lipinski definition) is 8. The van der Waals surface area contributed by atoms with Crippen molar-refractivity contribution in [3.63, 3.8) is 0 Å². The molecule has 8 heteroatoms. The van der Waals surface area contributed by atoms with E-state index < -0.39 is 0 Å². The average molecular weight is 344 g/mol. The van der Waals surface area contributed by atoms with Gasteiger partial charge in [0.15, 0.2) is 0 Å². The van der Waals surface area contributed by atoms with E-state index in [1.165, 1.54) is 11.5 Å². The molecule has 0 amide bonds. The van der Waals surface area contributed by atoms with Crippen LogP contribution in [-0.4, -0.2) is 47.2 Å². The largest absolute Gasteiger partial charge is 0.384 e. The zero-order valence-corrected chi connectivity index (χ0v) is 14.4. The maximum Gasteiger partial charge on any atom is 0.202 e. The normalized spacial score (nSPS) is 15.2. The Hall–Kier alpha value is -2.24. The van der Waals surface area contributed by atoms with Crippen LogP contribution in [0.4, 0.5) is 10.9 Å². The fraction of sp³-hybridized carbons (Fsp3) is 0.500. The van der Waals surface area contributed by atoms with Crippen molar-refractivity contribution >= 4 is 22.5 Å². The standard InChI is InChI=1S/C16H20N6OS/c1-23-9-6-14-20-16(24-21-14)19-13-4-7-22(8-5-13)15-3-2-12(10-17)11-18-15/h2-3,11,13H,4-9H2,1H3,(H,19,20,21). The van der Waals surface area contributed by atoms with Gasteiger partial charge in [-0.25, -0.2) is 9.97 Å². The van der Waals surface area contributed by atoms with Crippen molar-refractivity contribution in [1.82, 2.24) is 14.3 Å². The summed E-state index contributed by atoms with van der Waals surface area (Å²) in [5.74, 6) is 1.77. The van der Waals surface area contributed by atoms with Crippen LogP contribution in [-0.2, 0) is 11.2 Å². The first kappa shape index (κ1) is 16.6. The lowest BCUT2D eigenvalue weighted by Gasteiger charge is -2.33. The topological polar surface area (TPSA) is 87.0 Å². The molecule has 3 rings (SSSR count). The summed E-state index contributed by atoms with van der Waals surface area (Å²) < 4.78 is 9.39. The Bertz CT molecular complexity index is 687. The lowest BCUT2D eigenvalue weighted by atomic mass is 10.1. The van der Waals surface area contributed by atoms with Gasteiger partial charge in [0.1, 0.15) is 17.7 Å². The molecule has 0 radical (unpaired) electrons. The molecular weight excluding hydrogens is 324 g/mol. The van der Waals surface area contributed by atoms with E-state index >= 15 is 0 Å². The third kappa shape index (κ3) is 4.19. The minimum atomic E-state index is 0.405. The van der Waals surface area contributed by atoms with Crippen molar-refractivity contribution in [2.75, 3.05) is 37.0 Å². The first-order valence-corrected chi connectivity index (χ1v) is 8.75. The molecule has 0 atom stereocenters. The summed E-state index contributed by atoms with van der Waals surface area (Å²) >= 11 is 1.41. The Morgan fingerprint density at radius 3 is 2.92 bits per heavy atom. The van der Waals surface area contributed by atoms with E-state index in [0.717, 1.165) is 49.1 Å².